The van der Waals surface area contributed by atoms with Crippen LogP contribution in [0.4, 0.5) is 0 Å². The minimum Gasteiger partial charge on any atom is -0.342 e. The molecule has 3 saturated heterocycles. The molecule has 6 heteroatoms. The van der Waals surface area contributed by atoms with E-state index >= 15 is 0 Å². The van der Waals surface area contributed by atoms with Crippen molar-refractivity contribution in [2.45, 2.75) is 76.8 Å². The lowest BCUT2D eigenvalue weighted by Gasteiger charge is -2.39. The van der Waals surface area contributed by atoms with Gasteiger partial charge in [0.25, 0.3) is 5.91 Å². The molecule has 1 saturated carbocycles. The number of likely N-dealkylation sites (tertiary alicyclic amines) is 3. The Morgan fingerprint density at radius 2 is 1.53 bits per heavy atom. The van der Waals surface area contributed by atoms with Crippen molar-refractivity contribution >= 4 is 17.7 Å². The van der Waals surface area contributed by atoms with Gasteiger partial charge in [-0.1, -0.05) is 38.0 Å². The summed E-state index contributed by atoms with van der Waals surface area (Å²) in [6, 6.07) is 9.23. The Bertz CT molecular complexity index is 895. The Kier molecular flexibility index (Phi) is 6.94. The molecule has 1 aliphatic carbocycles. The first-order valence-corrected chi connectivity index (χ1v) is 13.5. The quantitative estimate of drug-likeness (QED) is 0.679. The Labute approximate surface area is 203 Å². The molecule has 4 aliphatic rings. The van der Waals surface area contributed by atoms with Gasteiger partial charge in [0, 0.05) is 43.7 Å². The van der Waals surface area contributed by atoms with E-state index in [0.717, 1.165) is 58.0 Å². The molecule has 34 heavy (non-hydrogen) atoms. The first-order chi connectivity index (χ1) is 16.5. The number of piperidine rings is 2. The molecule has 0 spiro atoms. The lowest BCUT2D eigenvalue weighted by molar-refractivity contribution is -0.143. The molecule has 6 nitrogen and oxygen atoms in total. The van der Waals surface area contributed by atoms with E-state index in [4.69, 9.17) is 0 Å². The van der Waals surface area contributed by atoms with Gasteiger partial charge in [-0.3, -0.25) is 14.4 Å². The van der Waals surface area contributed by atoms with Crippen molar-refractivity contribution in [3.8, 4) is 0 Å². The molecule has 3 heterocycles. The molecule has 1 aromatic carbocycles. The van der Waals surface area contributed by atoms with Gasteiger partial charge in [-0.25, -0.2) is 0 Å². The van der Waals surface area contributed by atoms with Gasteiger partial charge in [0.2, 0.25) is 11.8 Å². The van der Waals surface area contributed by atoms with E-state index in [1.54, 1.807) is 0 Å². The molecule has 0 N–H and O–H groups in total. The highest BCUT2D eigenvalue weighted by Gasteiger charge is 2.49. The van der Waals surface area contributed by atoms with Crippen molar-refractivity contribution in [2.75, 3.05) is 26.2 Å². The third-order valence-corrected chi connectivity index (χ3v) is 8.75. The maximum Gasteiger partial charge on any atom is 0.254 e. The lowest BCUT2D eigenvalue weighted by atomic mass is 9.84. The van der Waals surface area contributed by atoms with Crippen molar-refractivity contribution in [1.82, 2.24) is 14.7 Å². The zero-order valence-corrected chi connectivity index (χ0v) is 20.5. The van der Waals surface area contributed by atoms with E-state index in [1.807, 2.05) is 40.1 Å². The highest BCUT2D eigenvalue weighted by atomic mass is 16.2. The second-order valence-electron chi connectivity index (χ2n) is 11.1. The fraction of sp³-hybridized carbons (Fsp3) is 0.679. The minimum absolute atomic E-state index is 0.00219. The number of carbonyl (C=O) groups is 3. The van der Waals surface area contributed by atoms with Gasteiger partial charge in [-0.05, 0) is 68.9 Å². The van der Waals surface area contributed by atoms with Gasteiger partial charge < -0.3 is 14.7 Å². The maximum absolute atomic E-state index is 13.7. The first-order valence-electron chi connectivity index (χ1n) is 13.5. The van der Waals surface area contributed by atoms with Gasteiger partial charge in [-0.15, -0.1) is 0 Å². The monoisotopic (exact) mass is 465 g/mol. The van der Waals surface area contributed by atoms with Crippen molar-refractivity contribution in [2.24, 2.45) is 17.8 Å². The smallest absolute Gasteiger partial charge is 0.254 e. The zero-order valence-electron chi connectivity index (χ0n) is 20.5. The largest absolute Gasteiger partial charge is 0.342 e. The average Bonchev–Trinajstić information content (AvgIpc) is 3.27. The molecule has 5 rings (SSSR count). The van der Waals surface area contributed by atoms with E-state index in [0.29, 0.717) is 30.5 Å². The van der Waals surface area contributed by atoms with Gasteiger partial charge in [-0.2, -0.15) is 0 Å². The van der Waals surface area contributed by atoms with Gasteiger partial charge >= 0.3 is 0 Å². The topological polar surface area (TPSA) is 60.9 Å². The van der Waals surface area contributed by atoms with Crippen LogP contribution in [0, 0.1) is 17.8 Å². The molecule has 0 radical (unpaired) electrons. The van der Waals surface area contributed by atoms with Crippen LogP contribution >= 0.6 is 0 Å². The Hall–Kier alpha value is -2.37. The van der Waals surface area contributed by atoms with Crippen LogP contribution < -0.4 is 0 Å². The highest BCUT2D eigenvalue weighted by Crippen LogP contribution is 2.41. The van der Waals surface area contributed by atoms with Crippen molar-refractivity contribution in [3.63, 3.8) is 0 Å². The standard InChI is InChI=1S/C28H39N3O3/c1-20-8-7-15-30(19-20)26(32)22-13-16-29(17-14-22)28(34)25-18-23-11-5-6-12-24(23)31(25)27(33)21-9-3-2-4-10-21/h2-4,9-10,20,22-25H,5-8,11-19H2,1H3. The number of hydrogen-bond donors (Lipinski definition) is 0. The van der Waals surface area contributed by atoms with Crippen LogP contribution in [0.3, 0.4) is 0 Å². The molecule has 0 bridgehead atoms. The van der Waals surface area contributed by atoms with E-state index < -0.39 is 0 Å². The van der Waals surface area contributed by atoms with Crippen LogP contribution in [0.5, 0.6) is 0 Å². The molecular weight excluding hydrogens is 426 g/mol. The fourth-order valence-corrected chi connectivity index (χ4v) is 6.91. The van der Waals surface area contributed by atoms with E-state index in [1.165, 1.54) is 12.8 Å². The number of carbonyl (C=O) groups excluding carboxylic acids is 3. The second kappa shape index (κ2) is 10.1. The summed E-state index contributed by atoms with van der Waals surface area (Å²) in [7, 11) is 0. The second-order valence-corrected chi connectivity index (χ2v) is 11.1. The summed E-state index contributed by atoms with van der Waals surface area (Å²) in [5.41, 5.74) is 0.673. The van der Waals surface area contributed by atoms with Crippen molar-refractivity contribution in [1.29, 1.82) is 0 Å². The summed E-state index contributed by atoms with van der Waals surface area (Å²) in [5.74, 6) is 1.41. The summed E-state index contributed by atoms with van der Waals surface area (Å²) in [6.07, 6.45) is 8.99. The molecule has 4 atom stereocenters. The predicted octanol–water partition coefficient (Wildman–Crippen LogP) is 3.96. The summed E-state index contributed by atoms with van der Waals surface area (Å²) in [4.78, 5) is 46.3. The summed E-state index contributed by atoms with van der Waals surface area (Å²) in [6.45, 7) is 5.22. The number of benzene rings is 1. The molecule has 3 amide bonds. The van der Waals surface area contributed by atoms with Gasteiger partial charge in [0.1, 0.15) is 6.04 Å². The van der Waals surface area contributed by atoms with Crippen LogP contribution in [0.2, 0.25) is 0 Å². The predicted molar refractivity (Wildman–Crippen MR) is 131 cm³/mol. The normalized spacial score (nSPS) is 30.2. The van der Waals surface area contributed by atoms with Crippen molar-refractivity contribution in [3.05, 3.63) is 35.9 Å². The van der Waals surface area contributed by atoms with Crippen LogP contribution in [0.15, 0.2) is 30.3 Å². The summed E-state index contributed by atoms with van der Waals surface area (Å²) < 4.78 is 0. The molecule has 3 aliphatic heterocycles. The Balaban J connectivity index is 1.26. The fourth-order valence-electron chi connectivity index (χ4n) is 6.91. The third kappa shape index (κ3) is 4.60. The van der Waals surface area contributed by atoms with E-state index in [-0.39, 0.29) is 35.7 Å². The Morgan fingerprint density at radius 3 is 2.26 bits per heavy atom. The minimum atomic E-state index is -0.365. The molecule has 0 aromatic heterocycles. The Morgan fingerprint density at radius 1 is 0.794 bits per heavy atom. The SMILES string of the molecule is CC1CCCN(C(=O)C2CCN(C(=O)C3CC4CCCCC4N3C(=O)c3ccccc3)CC2)C1. The van der Waals surface area contributed by atoms with Crippen LogP contribution in [0.25, 0.3) is 0 Å². The lowest BCUT2D eigenvalue weighted by Crippen LogP contribution is -2.53. The molecule has 1 aromatic rings. The average molecular weight is 466 g/mol. The molecule has 184 valence electrons. The maximum atomic E-state index is 13.7. The third-order valence-electron chi connectivity index (χ3n) is 8.75. The van der Waals surface area contributed by atoms with Crippen LogP contribution in [-0.4, -0.2) is 70.7 Å². The first kappa shape index (κ1) is 23.4. The molecular formula is C28H39N3O3. The van der Waals surface area contributed by atoms with Crippen molar-refractivity contribution < 1.29 is 14.4 Å². The number of fused-ring (bicyclic) bond motifs is 1. The zero-order chi connectivity index (χ0) is 23.7. The van der Waals surface area contributed by atoms with Crippen LogP contribution in [0.1, 0.15) is 75.1 Å². The van der Waals surface area contributed by atoms with Crippen LogP contribution in [-0.2, 0) is 9.59 Å². The summed E-state index contributed by atoms with van der Waals surface area (Å²) in [5, 5.41) is 0. The molecule has 4 fully saturated rings. The van der Waals surface area contributed by atoms with E-state index in [2.05, 4.69) is 11.8 Å². The number of amides is 3. The number of hydrogen-bond acceptors (Lipinski definition) is 3. The number of nitrogens with zero attached hydrogens (tertiary/aromatic N) is 3. The summed E-state index contributed by atoms with van der Waals surface area (Å²) >= 11 is 0. The molecule has 4 unspecified atom stereocenters. The number of rotatable bonds is 3. The van der Waals surface area contributed by atoms with E-state index in [9.17, 15) is 14.4 Å². The highest BCUT2D eigenvalue weighted by molar-refractivity contribution is 5.98. The van der Waals surface area contributed by atoms with Gasteiger partial charge in [0.05, 0.1) is 0 Å². The van der Waals surface area contributed by atoms with Gasteiger partial charge in [0.15, 0.2) is 0 Å².